The van der Waals surface area contributed by atoms with Crippen molar-refractivity contribution in [1.29, 1.82) is 0 Å². The van der Waals surface area contributed by atoms with Crippen LogP contribution >= 0.6 is 0 Å². The molecule has 0 amide bonds. The van der Waals surface area contributed by atoms with Crippen LogP contribution in [0.15, 0.2) is 36.1 Å². The molecule has 2 aliphatic heterocycles. The van der Waals surface area contributed by atoms with Crippen LogP contribution in [-0.4, -0.2) is 92.3 Å². The standard InChI is InChI=1S/C23H28O12/c1-9-14(33-21(31)10-2-4-11(25)5-3-10)6-12-13(20(29)30)8-32-22(16(9)12)35-23-19(28)18(27)17(26)15(7-24)34-23/h2-5,8-9,12,14-19,22-28H,6-7H2,1H3,(H,29,30)/t9-,12-,14+,15-,16-,17-,18+,19-,22+,23+/m1/s1. The van der Waals surface area contributed by atoms with Crippen LogP contribution in [0.3, 0.4) is 0 Å². The van der Waals surface area contributed by atoms with Crippen molar-refractivity contribution in [3.05, 3.63) is 41.7 Å². The molecule has 4 rings (SSSR count). The SMILES string of the molecule is C[C@H]1[C@H]2[C@H](O[C@@H]3O[C@H](CO)[C@@H](O)[C@H](O)[C@H]3O)OC=C(C(=O)O)[C@H]2C[C@@H]1OC(=O)c1ccc(O)cc1. The second kappa shape index (κ2) is 10.1. The van der Waals surface area contributed by atoms with Crippen LogP contribution in [0.25, 0.3) is 0 Å². The molecule has 192 valence electrons. The summed E-state index contributed by atoms with van der Waals surface area (Å²) in [5.74, 6) is -3.56. The number of ether oxygens (including phenoxy) is 4. The molecule has 0 spiro atoms. The first-order chi connectivity index (χ1) is 16.6. The number of esters is 1. The van der Waals surface area contributed by atoms with Gasteiger partial charge in [0, 0.05) is 17.8 Å². The zero-order valence-electron chi connectivity index (χ0n) is 18.7. The molecule has 2 heterocycles. The van der Waals surface area contributed by atoms with E-state index in [0.717, 1.165) is 6.26 Å². The zero-order chi connectivity index (χ0) is 25.4. The lowest BCUT2D eigenvalue weighted by Crippen LogP contribution is -2.60. The highest BCUT2D eigenvalue weighted by Crippen LogP contribution is 2.48. The molecule has 1 saturated carbocycles. The van der Waals surface area contributed by atoms with Gasteiger partial charge in [0.05, 0.1) is 24.0 Å². The van der Waals surface area contributed by atoms with Gasteiger partial charge >= 0.3 is 11.9 Å². The highest BCUT2D eigenvalue weighted by Gasteiger charge is 2.54. The van der Waals surface area contributed by atoms with Gasteiger partial charge in [-0.25, -0.2) is 9.59 Å². The van der Waals surface area contributed by atoms with Gasteiger partial charge in [0.15, 0.2) is 6.29 Å². The van der Waals surface area contributed by atoms with E-state index < -0.39 is 79.4 Å². The van der Waals surface area contributed by atoms with Gasteiger partial charge in [0.25, 0.3) is 0 Å². The van der Waals surface area contributed by atoms with Crippen molar-refractivity contribution in [3.8, 4) is 5.75 Å². The fourth-order valence-corrected chi connectivity index (χ4v) is 4.93. The molecular formula is C23H28O12. The van der Waals surface area contributed by atoms with E-state index in [2.05, 4.69) is 0 Å². The van der Waals surface area contributed by atoms with Crippen LogP contribution in [0.1, 0.15) is 23.7 Å². The Morgan fingerprint density at radius 2 is 1.74 bits per heavy atom. The Labute approximate surface area is 199 Å². The highest BCUT2D eigenvalue weighted by molar-refractivity contribution is 5.90. The molecule has 0 aromatic heterocycles. The van der Waals surface area contributed by atoms with E-state index >= 15 is 0 Å². The van der Waals surface area contributed by atoms with Gasteiger partial charge in [-0.05, 0) is 30.7 Å². The number of phenols is 1. The highest BCUT2D eigenvalue weighted by atomic mass is 16.8. The van der Waals surface area contributed by atoms with Crippen molar-refractivity contribution in [2.75, 3.05) is 6.61 Å². The maximum atomic E-state index is 12.6. The topological polar surface area (TPSA) is 192 Å². The van der Waals surface area contributed by atoms with Crippen LogP contribution in [0.4, 0.5) is 0 Å². The number of aliphatic hydroxyl groups is 4. The minimum absolute atomic E-state index is 0.0108. The molecule has 12 nitrogen and oxygen atoms in total. The summed E-state index contributed by atoms with van der Waals surface area (Å²) < 4.78 is 22.4. The summed E-state index contributed by atoms with van der Waals surface area (Å²) in [6.07, 6.45) is -8.20. The van der Waals surface area contributed by atoms with Gasteiger partial charge in [-0.3, -0.25) is 0 Å². The molecule has 35 heavy (non-hydrogen) atoms. The summed E-state index contributed by atoms with van der Waals surface area (Å²) in [5.41, 5.74) is 0.183. The van der Waals surface area contributed by atoms with E-state index in [9.17, 15) is 40.2 Å². The maximum Gasteiger partial charge on any atom is 0.338 e. The summed E-state index contributed by atoms with van der Waals surface area (Å²) in [6.45, 7) is 1.11. The van der Waals surface area contributed by atoms with Gasteiger partial charge in [-0.2, -0.15) is 0 Å². The van der Waals surface area contributed by atoms with Crippen molar-refractivity contribution < 1.29 is 59.2 Å². The molecule has 1 aromatic carbocycles. The van der Waals surface area contributed by atoms with E-state index in [1.165, 1.54) is 24.3 Å². The Bertz CT molecular complexity index is 960. The van der Waals surface area contributed by atoms with Crippen molar-refractivity contribution in [3.63, 3.8) is 0 Å². The quantitative estimate of drug-likeness (QED) is 0.273. The van der Waals surface area contributed by atoms with Crippen LogP contribution in [0, 0.1) is 17.8 Å². The normalized spacial score (nSPS) is 38.7. The van der Waals surface area contributed by atoms with Crippen LogP contribution < -0.4 is 0 Å². The number of carboxylic acids is 1. The molecule has 1 aromatic rings. The molecule has 10 atom stereocenters. The van der Waals surface area contributed by atoms with Crippen LogP contribution in [0.5, 0.6) is 5.75 Å². The number of carboxylic acid groups (broad SMARTS) is 1. The number of aliphatic carboxylic acids is 1. The lowest BCUT2D eigenvalue weighted by atomic mass is 9.83. The Balaban J connectivity index is 1.53. The minimum Gasteiger partial charge on any atom is -0.508 e. The van der Waals surface area contributed by atoms with Gasteiger partial charge < -0.3 is 49.6 Å². The van der Waals surface area contributed by atoms with Crippen molar-refractivity contribution in [2.45, 2.75) is 56.4 Å². The van der Waals surface area contributed by atoms with E-state index in [4.69, 9.17) is 18.9 Å². The molecule has 0 bridgehead atoms. The first kappa shape index (κ1) is 25.4. The third kappa shape index (κ3) is 4.85. The largest absolute Gasteiger partial charge is 0.508 e. The Morgan fingerprint density at radius 3 is 2.37 bits per heavy atom. The van der Waals surface area contributed by atoms with Crippen molar-refractivity contribution in [1.82, 2.24) is 0 Å². The first-order valence-electron chi connectivity index (χ1n) is 11.2. The van der Waals surface area contributed by atoms with Crippen LogP contribution in [-0.2, 0) is 23.7 Å². The smallest absolute Gasteiger partial charge is 0.338 e. The van der Waals surface area contributed by atoms with Gasteiger partial charge in [-0.1, -0.05) is 6.92 Å². The van der Waals surface area contributed by atoms with Crippen molar-refractivity contribution in [2.24, 2.45) is 17.8 Å². The third-order valence-electron chi connectivity index (χ3n) is 6.91. The average Bonchev–Trinajstić information content (AvgIpc) is 3.15. The molecule has 0 radical (unpaired) electrons. The van der Waals surface area contributed by atoms with Gasteiger partial charge in [-0.15, -0.1) is 0 Å². The number of phenolic OH excluding ortho intramolecular Hbond substituents is 1. The number of carbonyl (C=O) groups is 2. The Morgan fingerprint density at radius 1 is 1.06 bits per heavy atom. The summed E-state index contributed by atoms with van der Waals surface area (Å²) >= 11 is 0. The lowest BCUT2D eigenvalue weighted by molar-refractivity contribution is -0.342. The number of aromatic hydroxyl groups is 1. The van der Waals surface area contributed by atoms with E-state index in [0.29, 0.717) is 0 Å². The number of aliphatic hydroxyl groups excluding tert-OH is 4. The molecule has 3 aliphatic rings. The van der Waals surface area contributed by atoms with E-state index in [1.54, 1.807) is 6.92 Å². The summed E-state index contributed by atoms with van der Waals surface area (Å²) in [7, 11) is 0. The molecular weight excluding hydrogens is 468 g/mol. The third-order valence-corrected chi connectivity index (χ3v) is 6.91. The summed E-state index contributed by atoms with van der Waals surface area (Å²) in [4.78, 5) is 24.5. The molecule has 6 N–H and O–H groups in total. The Hall–Kier alpha value is -2.74. The summed E-state index contributed by atoms with van der Waals surface area (Å²) in [5, 5.41) is 58.8. The number of hydrogen-bond donors (Lipinski definition) is 6. The predicted octanol–water partition coefficient (Wildman–Crippen LogP) is -0.669. The van der Waals surface area contributed by atoms with E-state index in [1.807, 2.05) is 0 Å². The molecule has 2 fully saturated rings. The van der Waals surface area contributed by atoms with Crippen molar-refractivity contribution >= 4 is 11.9 Å². The Kier molecular flexibility index (Phi) is 7.31. The number of rotatable bonds is 6. The molecule has 0 unspecified atom stereocenters. The second-order valence-electron chi connectivity index (χ2n) is 8.99. The molecule has 1 saturated heterocycles. The number of fused-ring (bicyclic) bond motifs is 1. The summed E-state index contributed by atoms with van der Waals surface area (Å²) in [6, 6.07) is 5.50. The van der Waals surface area contributed by atoms with Gasteiger partial charge in [0.2, 0.25) is 6.29 Å². The van der Waals surface area contributed by atoms with E-state index in [-0.39, 0.29) is 23.3 Å². The van der Waals surface area contributed by atoms with Gasteiger partial charge in [0.1, 0.15) is 36.3 Å². The monoisotopic (exact) mass is 496 g/mol. The predicted molar refractivity (Wildman–Crippen MR) is 114 cm³/mol. The number of carbonyl (C=O) groups excluding carboxylic acids is 1. The lowest BCUT2D eigenvalue weighted by Gasteiger charge is -2.43. The number of hydrogen-bond acceptors (Lipinski definition) is 11. The fourth-order valence-electron chi connectivity index (χ4n) is 4.93. The maximum absolute atomic E-state index is 12.6. The second-order valence-corrected chi connectivity index (χ2v) is 8.99. The molecule has 12 heteroatoms. The number of benzene rings is 1. The minimum atomic E-state index is -1.67. The van der Waals surface area contributed by atoms with Crippen LogP contribution in [0.2, 0.25) is 0 Å². The zero-order valence-corrected chi connectivity index (χ0v) is 18.7. The fraction of sp³-hybridized carbons (Fsp3) is 0.565. The first-order valence-corrected chi connectivity index (χ1v) is 11.2. The average molecular weight is 496 g/mol. The molecule has 1 aliphatic carbocycles.